The van der Waals surface area contributed by atoms with E-state index in [-0.39, 0.29) is 19.0 Å². The van der Waals surface area contributed by atoms with Crippen molar-refractivity contribution in [2.24, 2.45) is 0 Å². The van der Waals surface area contributed by atoms with E-state index in [1.807, 2.05) is 12.1 Å². The van der Waals surface area contributed by atoms with Crippen LogP contribution in [0.1, 0.15) is 48.1 Å². The Morgan fingerprint density at radius 1 is 1.17 bits per heavy atom. The van der Waals surface area contributed by atoms with Crippen LogP contribution in [-0.2, 0) is 30.5 Å². The largest absolute Gasteiger partial charge is 0.467 e. The number of alkyl halides is 1. The summed E-state index contributed by atoms with van der Waals surface area (Å²) >= 11 is 6.49. The Balaban J connectivity index is 0.000000375. The fourth-order valence-corrected chi connectivity index (χ4v) is 6.79. The van der Waals surface area contributed by atoms with Crippen LogP contribution in [0.5, 0.6) is 6.01 Å². The van der Waals surface area contributed by atoms with E-state index in [4.69, 9.17) is 21.3 Å². The molecule has 3 aliphatic heterocycles. The number of carbonyl (C=O) groups is 1. The third-order valence-corrected chi connectivity index (χ3v) is 9.12. The van der Waals surface area contributed by atoms with Gasteiger partial charge in [-0.3, -0.25) is 9.69 Å². The van der Waals surface area contributed by atoms with Crippen molar-refractivity contribution in [2.75, 3.05) is 44.7 Å². The molecule has 1 aromatic carbocycles. The highest BCUT2D eigenvalue weighted by molar-refractivity contribution is 6.31. The van der Waals surface area contributed by atoms with Gasteiger partial charge in [0.25, 0.3) is 5.91 Å². The zero-order chi connectivity index (χ0) is 29.8. The van der Waals surface area contributed by atoms with E-state index in [1.165, 1.54) is 29.6 Å². The minimum absolute atomic E-state index is 0.0891. The van der Waals surface area contributed by atoms with Crippen molar-refractivity contribution < 1.29 is 18.3 Å². The summed E-state index contributed by atoms with van der Waals surface area (Å²) in [5.74, 6) is -1.03. The number of aromatic nitrogens is 2. The van der Waals surface area contributed by atoms with E-state index in [1.54, 1.807) is 0 Å². The molecule has 42 heavy (non-hydrogen) atoms. The number of fused-ring (bicyclic) bond motifs is 3. The van der Waals surface area contributed by atoms with Crippen molar-refractivity contribution >= 4 is 23.3 Å². The van der Waals surface area contributed by atoms with Crippen molar-refractivity contribution in [2.45, 2.75) is 69.6 Å². The van der Waals surface area contributed by atoms with Gasteiger partial charge in [-0.15, -0.1) is 0 Å². The molecule has 2 aromatic rings. The number of methoxy groups -OCH3 is 1. The van der Waals surface area contributed by atoms with Crippen LogP contribution < -0.4 is 9.64 Å². The van der Waals surface area contributed by atoms with Gasteiger partial charge in [0, 0.05) is 49.4 Å². The van der Waals surface area contributed by atoms with Gasteiger partial charge >= 0.3 is 6.01 Å². The molecule has 3 saturated heterocycles. The lowest BCUT2D eigenvalue weighted by atomic mass is 9.98. The average molecular weight is 599 g/mol. The van der Waals surface area contributed by atoms with Gasteiger partial charge in [0.2, 0.25) is 0 Å². The molecule has 224 valence electrons. The summed E-state index contributed by atoms with van der Waals surface area (Å²) in [5.41, 5.74) is 4.39. The van der Waals surface area contributed by atoms with Gasteiger partial charge in [0.15, 0.2) is 5.83 Å². The van der Waals surface area contributed by atoms with Crippen LogP contribution in [0, 0.1) is 11.3 Å². The van der Waals surface area contributed by atoms with E-state index in [0.717, 1.165) is 67.2 Å². The highest BCUT2D eigenvalue weighted by atomic mass is 35.5. The predicted molar refractivity (Wildman–Crippen MR) is 157 cm³/mol. The van der Waals surface area contributed by atoms with E-state index in [2.05, 4.69) is 33.5 Å². The number of piperazine rings is 1. The number of aryl methyl sites for hydroxylation is 2. The summed E-state index contributed by atoms with van der Waals surface area (Å²) in [6.45, 7) is 6.08. The Bertz CT molecular complexity index is 1360. The van der Waals surface area contributed by atoms with Gasteiger partial charge < -0.3 is 14.5 Å². The topological polar surface area (TPSA) is 85.6 Å². The number of anilines is 1. The number of hydrogen-bond donors (Lipinski definition) is 0. The van der Waals surface area contributed by atoms with Gasteiger partial charge in [0.05, 0.1) is 31.3 Å². The summed E-state index contributed by atoms with van der Waals surface area (Å²) in [4.78, 5) is 27.3. The number of carbonyl (C=O) groups excluding carboxylic acids is 1. The van der Waals surface area contributed by atoms with Crippen LogP contribution >= 0.6 is 11.6 Å². The van der Waals surface area contributed by atoms with E-state index < -0.39 is 23.9 Å². The van der Waals surface area contributed by atoms with Crippen LogP contribution in [0.2, 0.25) is 5.02 Å². The molecule has 8 nitrogen and oxygen atoms in total. The molecular formula is C31H37ClF2N6O2. The molecule has 3 fully saturated rings. The molecule has 11 heteroatoms. The maximum atomic E-state index is 13.6. The maximum absolute atomic E-state index is 13.6. The lowest BCUT2D eigenvalue weighted by Gasteiger charge is -2.41. The van der Waals surface area contributed by atoms with Crippen molar-refractivity contribution in [1.82, 2.24) is 19.8 Å². The highest BCUT2D eigenvalue weighted by Crippen LogP contribution is 2.33. The fraction of sp³-hybridized carbons (Fsp3) is 0.548. The number of rotatable bonds is 4. The normalized spacial score (nSPS) is 23.4. The van der Waals surface area contributed by atoms with E-state index >= 15 is 0 Å². The second-order valence-corrected chi connectivity index (χ2v) is 11.7. The summed E-state index contributed by atoms with van der Waals surface area (Å²) < 4.78 is 31.4. The van der Waals surface area contributed by atoms with Crippen LogP contribution in [-0.4, -0.2) is 83.8 Å². The molecule has 6 rings (SSSR count). The molecule has 0 N–H and O–H groups in total. The van der Waals surface area contributed by atoms with Crippen molar-refractivity contribution in [3.63, 3.8) is 0 Å². The van der Waals surface area contributed by atoms with Crippen LogP contribution in [0.25, 0.3) is 0 Å². The van der Waals surface area contributed by atoms with Gasteiger partial charge in [-0.05, 0) is 62.1 Å². The molecule has 0 bridgehead atoms. The zero-order valence-electron chi connectivity index (χ0n) is 24.0. The first-order chi connectivity index (χ1) is 20.3. The van der Waals surface area contributed by atoms with Gasteiger partial charge in [-0.25, -0.2) is 8.78 Å². The number of amides is 1. The highest BCUT2D eigenvalue weighted by Gasteiger charge is 2.38. The van der Waals surface area contributed by atoms with Crippen molar-refractivity contribution in [1.29, 1.82) is 5.26 Å². The zero-order valence-corrected chi connectivity index (χ0v) is 24.8. The third-order valence-electron chi connectivity index (χ3n) is 8.76. The molecular weight excluding hydrogens is 562 g/mol. The first kappa shape index (κ1) is 30.2. The smallest absolute Gasteiger partial charge is 0.318 e. The average Bonchev–Trinajstić information content (AvgIpc) is 3.28. The number of hydrogen-bond acceptors (Lipinski definition) is 7. The molecule has 4 aliphatic rings. The predicted octanol–water partition coefficient (Wildman–Crippen LogP) is 4.63. The number of halogens is 3. The van der Waals surface area contributed by atoms with E-state index in [0.29, 0.717) is 25.7 Å². The molecule has 1 aliphatic carbocycles. The number of ether oxygens (including phenoxy) is 1. The SMILES string of the molecule is C=C(F)C(=O)N1CCN(c2nc(OC)nc3c2CCc2cccc(Cl)c2CCC3)CC1CC#N.FC1CC2CCN2C1. The maximum Gasteiger partial charge on any atom is 0.318 e. The number of benzene rings is 1. The quantitative estimate of drug-likeness (QED) is 0.475. The summed E-state index contributed by atoms with van der Waals surface area (Å²) in [5, 5.41) is 10.1. The lowest BCUT2D eigenvalue weighted by Crippen LogP contribution is -2.55. The minimum atomic E-state index is -1.02. The lowest BCUT2D eigenvalue weighted by molar-refractivity contribution is -0.131. The Hall–Kier alpha value is -3.29. The van der Waals surface area contributed by atoms with Gasteiger partial charge in [-0.1, -0.05) is 30.3 Å². The molecule has 3 unspecified atom stereocenters. The molecule has 0 spiro atoms. The summed E-state index contributed by atoms with van der Waals surface area (Å²) in [6, 6.07) is 8.60. The monoisotopic (exact) mass is 598 g/mol. The second-order valence-electron chi connectivity index (χ2n) is 11.3. The minimum Gasteiger partial charge on any atom is -0.467 e. The first-order valence-corrected chi connectivity index (χ1v) is 15.0. The van der Waals surface area contributed by atoms with Crippen LogP contribution in [0.15, 0.2) is 30.6 Å². The van der Waals surface area contributed by atoms with Crippen molar-refractivity contribution in [3.8, 4) is 12.1 Å². The molecule has 1 amide bonds. The van der Waals surface area contributed by atoms with Gasteiger partial charge in [-0.2, -0.15) is 15.2 Å². The van der Waals surface area contributed by atoms with Crippen LogP contribution in [0.4, 0.5) is 14.6 Å². The summed E-state index contributed by atoms with van der Waals surface area (Å²) in [7, 11) is 1.54. The van der Waals surface area contributed by atoms with Crippen molar-refractivity contribution in [3.05, 3.63) is 58.0 Å². The Morgan fingerprint density at radius 3 is 2.64 bits per heavy atom. The molecule has 0 saturated carbocycles. The van der Waals surface area contributed by atoms with Gasteiger partial charge in [0.1, 0.15) is 12.0 Å². The number of nitriles is 1. The second kappa shape index (κ2) is 13.3. The molecule has 3 atom stereocenters. The molecule has 0 radical (unpaired) electrons. The van der Waals surface area contributed by atoms with E-state index in [9.17, 15) is 18.8 Å². The Kier molecular flexibility index (Phi) is 9.59. The third kappa shape index (κ3) is 6.52. The Labute approximate surface area is 250 Å². The summed E-state index contributed by atoms with van der Waals surface area (Å²) in [6.07, 6.45) is 5.66. The van der Waals surface area contributed by atoms with Crippen LogP contribution in [0.3, 0.4) is 0 Å². The number of nitrogens with zero attached hydrogens (tertiary/aromatic N) is 6. The first-order valence-electron chi connectivity index (χ1n) is 14.6. The molecule has 1 aromatic heterocycles. The fourth-order valence-electron chi connectivity index (χ4n) is 6.50. The Morgan fingerprint density at radius 2 is 2.00 bits per heavy atom. The molecule has 4 heterocycles. The standard InChI is InChI=1S/C25H27ClFN5O2.C6H10FN/c1-16(27)24(33)32-14-13-31(15-18(32)11-12-28)23-20-10-9-17-5-3-7-21(26)19(17)6-4-8-22(20)29-25(30-23)34-2;7-5-3-6-1-2-8(6)4-5/h3,5,7,18H,1,4,6,8-11,13-15H2,2H3;5-6H,1-4H2.